The molecule has 1 amide bonds. The van der Waals surface area contributed by atoms with Crippen molar-refractivity contribution < 1.29 is 4.79 Å². The van der Waals surface area contributed by atoms with Crippen LogP contribution in [0.1, 0.15) is 28.9 Å². The van der Waals surface area contributed by atoms with Crippen LogP contribution in [0.3, 0.4) is 0 Å². The summed E-state index contributed by atoms with van der Waals surface area (Å²) in [6.07, 6.45) is 8.37. The monoisotopic (exact) mass is 403 g/mol. The first-order valence-corrected chi connectivity index (χ1v) is 8.76. The van der Waals surface area contributed by atoms with Crippen molar-refractivity contribution in [1.29, 1.82) is 0 Å². The van der Waals surface area contributed by atoms with E-state index in [1.165, 1.54) is 17.8 Å². The number of nitrogens with one attached hydrogen (secondary N) is 1. The van der Waals surface area contributed by atoms with Crippen LogP contribution in [0.2, 0.25) is 0 Å². The number of piperidine rings is 1. The van der Waals surface area contributed by atoms with Gasteiger partial charge in [0.25, 0.3) is 5.91 Å². The number of thiazole rings is 1. The Labute approximate surface area is 164 Å². The summed E-state index contributed by atoms with van der Waals surface area (Å²) in [4.78, 5) is 27.9. The number of amides is 1. The molecular weight excluding hydrogens is 381 g/mol. The van der Waals surface area contributed by atoms with Gasteiger partial charge in [-0.2, -0.15) is 0 Å². The third-order valence-corrected chi connectivity index (χ3v) is 5.16. The SMILES string of the molecule is CNCCC1CCN(C(=O)c2cnc(-c3ncccn3)s2)CC1.Cl.Cl. The van der Waals surface area contributed by atoms with Gasteiger partial charge in [0.2, 0.25) is 0 Å². The summed E-state index contributed by atoms with van der Waals surface area (Å²) < 4.78 is 0. The van der Waals surface area contributed by atoms with Crippen LogP contribution in [0, 0.1) is 5.92 Å². The average molecular weight is 404 g/mol. The van der Waals surface area contributed by atoms with E-state index < -0.39 is 0 Å². The maximum absolute atomic E-state index is 12.6. The second-order valence-corrected chi connectivity index (χ2v) is 6.76. The van der Waals surface area contributed by atoms with E-state index in [-0.39, 0.29) is 30.7 Å². The minimum atomic E-state index is 0. The van der Waals surface area contributed by atoms with Gasteiger partial charge in [-0.1, -0.05) is 0 Å². The molecule has 0 aliphatic carbocycles. The molecule has 2 aromatic rings. The summed E-state index contributed by atoms with van der Waals surface area (Å²) in [5, 5.41) is 3.89. The maximum Gasteiger partial charge on any atom is 0.265 e. The largest absolute Gasteiger partial charge is 0.338 e. The first-order chi connectivity index (χ1) is 11.3. The molecule has 0 radical (unpaired) electrons. The zero-order valence-corrected chi connectivity index (χ0v) is 16.5. The number of halogens is 2. The first kappa shape index (κ1) is 21.8. The summed E-state index contributed by atoms with van der Waals surface area (Å²) in [5.41, 5.74) is 0. The van der Waals surface area contributed by atoms with Gasteiger partial charge in [0, 0.05) is 25.5 Å². The highest BCUT2D eigenvalue weighted by Crippen LogP contribution is 2.25. The molecule has 3 heterocycles. The Kier molecular flexibility index (Phi) is 9.27. The van der Waals surface area contributed by atoms with Gasteiger partial charge in [0.15, 0.2) is 10.8 Å². The Balaban J connectivity index is 0.00000156. The highest BCUT2D eigenvalue weighted by molar-refractivity contribution is 7.16. The van der Waals surface area contributed by atoms with Crippen molar-refractivity contribution in [3.8, 4) is 10.8 Å². The molecule has 0 unspecified atom stereocenters. The number of carbonyl (C=O) groups is 1. The minimum absolute atomic E-state index is 0. The average Bonchev–Trinajstić information content (AvgIpc) is 3.11. The fourth-order valence-corrected chi connectivity index (χ4v) is 3.65. The van der Waals surface area contributed by atoms with Crippen LogP contribution >= 0.6 is 36.2 Å². The molecule has 9 heteroatoms. The number of hydrogen-bond acceptors (Lipinski definition) is 6. The van der Waals surface area contributed by atoms with Crippen LogP contribution < -0.4 is 5.32 Å². The van der Waals surface area contributed by atoms with Crippen LogP contribution in [0.25, 0.3) is 10.8 Å². The molecule has 1 aliphatic rings. The fourth-order valence-electron chi connectivity index (χ4n) is 2.81. The lowest BCUT2D eigenvalue weighted by Gasteiger charge is -2.31. The fraction of sp³-hybridized carbons (Fsp3) is 0.500. The van der Waals surface area contributed by atoms with E-state index in [0.717, 1.165) is 38.4 Å². The summed E-state index contributed by atoms with van der Waals surface area (Å²) in [6, 6.07) is 1.77. The van der Waals surface area contributed by atoms with E-state index in [1.54, 1.807) is 24.7 Å². The van der Waals surface area contributed by atoms with Gasteiger partial charge >= 0.3 is 0 Å². The summed E-state index contributed by atoms with van der Waals surface area (Å²) in [5.74, 6) is 1.38. The van der Waals surface area contributed by atoms with Crippen molar-refractivity contribution in [3.05, 3.63) is 29.5 Å². The smallest absolute Gasteiger partial charge is 0.265 e. The van der Waals surface area contributed by atoms with Crippen LogP contribution in [-0.2, 0) is 0 Å². The molecule has 6 nitrogen and oxygen atoms in total. The Morgan fingerprint density at radius 3 is 2.56 bits per heavy atom. The van der Waals surface area contributed by atoms with Crippen molar-refractivity contribution >= 4 is 42.1 Å². The van der Waals surface area contributed by atoms with Gasteiger partial charge in [-0.3, -0.25) is 4.79 Å². The minimum Gasteiger partial charge on any atom is -0.338 e. The molecule has 25 heavy (non-hydrogen) atoms. The zero-order chi connectivity index (χ0) is 16.1. The Morgan fingerprint density at radius 2 is 1.92 bits per heavy atom. The molecular formula is C16H23Cl2N5OS. The van der Waals surface area contributed by atoms with Gasteiger partial charge < -0.3 is 10.2 Å². The molecule has 0 spiro atoms. The van der Waals surface area contributed by atoms with E-state index in [9.17, 15) is 4.79 Å². The van der Waals surface area contributed by atoms with Gasteiger partial charge in [-0.15, -0.1) is 36.2 Å². The number of carbonyl (C=O) groups excluding carboxylic acids is 1. The van der Waals surface area contributed by atoms with E-state index in [1.807, 2.05) is 11.9 Å². The number of likely N-dealkylation sites (tertiary alicyclic amines) is 1. The molecule has 1 fully saturated rings. The Hall–Kier alpha value is -1.28. The summed E-state index contributed by atoms with van der Waals surface area (Å²) >= 11 is 1.37. The molecule has 0 bridgehead atoms. The quantitative estimate of drug-likeness (QED) is 0.830. The maximum atomic E-state index is 12.6. The van der Waals surface area contributed by atoms with Gasteiger partial charge in [-0.05, 0) is 44.8 Å². The predicted molar refractivity (Wildman–Crippen MR) is 105 cm³/mol. The van der Waals surface area contributed by atoms with Gasteiger partial charge in [-0.25, -0.2) is 15.0 Å². The second-order valence-electron chi connectivity index (χ2n) is 5.73. The lowest BCUT2D eigenvalue weighted by Crippen LogP contribution is -2.38. The first-order valence-electron chi connectivity index (χ1n) is 7.95. The lowest BCUT2D eigenvalue weighted by atomic mass is 9.93. The third-order valence-electron chi connectivity index (χ3n) is 4.18. The predicted octanol–water partition coefficient (Wildman–Crippen LogP) is 2.91. The Bertz CT molecular complexity index is 647. The Morgan fingerprint density at radius 1 is 1.24 bits per heavy atom. The van der Waals surface area contributed by atoms with Crippen molar-refractivity contribution in [2.24, 2.45) is 5.92 Å². The van der Waals surface area contributed by atoms with E-state index in [2.05, 4.69) is 20.3 Å². The standard InChI is InChI=1S/C16H21N5OS.2ClH/c1-17-8-3-12-4-9-21(10-5-12)16(22)13-11-20-15(23-13)14-18-6-2-7-19-14;;/h2,6-7,11-12,17H,3-5,8-10H2,1H3;2*1H. The van der Waals surface area contributed by atoms with Crippen LogP contribution in [0.4, 0.5) is 0 Å². The van der Waals surface area contributed by atoms with Crippen molar-refractivity contribution in [2.45, 2.75) is 19.3 Å². The highest BCUT2D eigenvalue weighted by atomic mass is 35.5. The summed E-state index contributed by atoms with van der Waals surface area (Å²) in [7, 11) is 1.98. The molecule has 1 saturated heterocycles. The number of aromatic nitrogens is 3. The topological polar surface area (TPSA) is 71.0 Å². The van der Waals surface area contributed by atoms with Crippen LogP contribution in [0.5, 0.6) is 0 Å². The molecule has 0 aromatic carbocycles. The molecule has 0 atom stereocenters. The lowest BCUT2D eigenvalue weighted by molar-refractivity contribution is 0.0692. The number of nitrogens with zero attached hydrogens (tertiary/aromatic N) is 4. The molecule has 1 N–H and O–H groups in total. The van der Waals surface area contributed by atoms with Crippen LogP contribution in [-0.4, -0.2) is 52.4 Å². The highest BCUT2D eigenvalue weighted by Gasteiger charge is 2.25. The van der Waals surface area contributed by atoms with Gasteiger partial charge in [0.05, 0.1) is 6.20 Å². The van der Waals surface area contributed by atoms with Crippen molar-refractivity contribution in [1.82, 2.24) is 25.2 Å². The van der Waals surface area contributed by atoms with Gasteiger partial charge in [0.1, 0.15) is 4.88 Å². The van der Waals surface area contributed by atoms with E-state index in [4.69, 9.17) is 0 Å². The van der Waals surface area contributed by atoms with E-state index >= 15 is 0 Å². The van der Waals surface area contributed by atoms with E-state index in [0.29, 0.717) is 15.7 Å². The normalized spacial score (nSPS) is 14.5. The van der Waals surface area contributed by atoms with Crippen LogP contribution in [0.15, 0.2) is 24.7 Å². The number of hydrogen-bond donors (Lipinski definition) is 1. The molecule has 0 saturated carbocycles. The third kappa shape index (κ3) is 5.60. The summed E-state index contributed by atoms with van der Waals surface area (Å²) in [6.45, 7) is 2.72. The molecule has 1 aliphatic heterocycles. The van der Waals surface area contributed by atoms with Crippen molar-refractivity contribution in [2.75, 3.05) is 26.7 Å². The molecule has 3 rings (SSSR count). The zero-order valence-electron chi connectivity index (χ0n) is 14.1. The second kappa shape index (κ2) is 10.7. The molecule has 138 valence electrons. The van der Waals surface area contributed by atoms with Crippen molar-refractivity contribution in [3.63, 3.8) is 0 Å². The number of rotatable bonds is 5. The molecule has 2 aromatic heterocycles.